The zero-order valence-electron chi connectivity index (χ0n) is 13.1. The van der Waals surface area contributed by atoms with E-state index in [9.17, 15) is 9.59 Å². The molecule has 0 aromatic carbocycles. The predicted octanol–water partition coefficient (Wildman–Crippen LogP) is 1.63. The molecule has 2 rings (SSSR count). The molecule has 0 aromatic rings. The molecule has 2 fully saturated rings. The molecule has 2 aliphatic rings. The summed E-state index contributed by atoms with van der Waals surface area (Å²) in [6.45, 7) is 5.59. The van der Waals surface area contributed by atoms with Gasteiger partial charge in [0.25, 0.3) is 0 Å². The number of carboxylic acid groups (broad SMARTS) is 1. The third-order valence-electron chi connectivity index (χ3n) is 4.86. The lowest BCUT2D eigenvalue weighted by molar-refractivity contribution is -0.138. The fourth-order valence-corrected chi connectivity index (χ4v) is 3.98. The predicted molar refractivity (Wildman–Crippen MR) is 80.8 cm³/mol. The van der Waals surface area contributed by atoms with Crippen LogP contribution in [0, 0.1) is 23.7 Å². The first-order chi connectivity index (χ1) is 9.97. The molecule has 5 heteroatoms. The number of fused-ring (bicyclic) bond motifs is 1. The van der Waals surface area contributed by atoms with Crippen LogP contribution in [-0.4, -0.2) is 36.1 Å². The quantitative estimate of drug-likeness (QED) is 0.667. The summed E-state index contributed by atoms with van der Waals surface area (Å²) >= 11 is 0. The van der Waals surface area contributed by atoms with Gasteiger partial charge in [0, 0.05) is 13.0 Å². The Morgan fingerprint density at radius 2 is 2.10 bits per heavy atom. The third-order valence-corrected chi connectivity index (χ3v) is 4.86. The first-order valence-electron chi connectivity index (χ1n) is 8.20. The van der Waals surface area contributed by atoms with Gasteiger partial charge in [-0.15, -0.1) is 0 Å². The van der Waals surface area contributed by atoms with Crippen LogP contribution in [0.3, 0.4) is 0 Å². The smallest absolute Gasteiger partial charge is 0.303 e. The van der Waals surface area contributed by atoms with Crippen LogP contribution in [-0.2, 0) is 9.59 Å². The molecule has 1 aliphatic heterocycles. The van der Waals surface area contributed by atoms with Gasteiger partial charge < -0.3 is 15.7 Å². The monoisotopic (exact) mass is 296 g/mol. The number of rotatable bonds is 7. The number of carbonyl (C=O) groups excluding carboxylic acids is 1. The van der Waals surface area contributed by atoms with Gasteiger partial charge in [-0.3, -0.25) is 9.59 Å². The summed E-state index contributed by atoms with van der Waals surface area (Å²) in [7, 11) is 0. The number of carbonyl (C=O) groups is 2. The van der Waals surface area contributed by atoms with E-state index in [0.29, 0.717) is 24.3 Å². The molecular weight excluding hydrogens is 268 g/mol. The van der Waals surface area contributed by atoms with Gasteiger partial charge in [0.15, 0.2) is 0 Å². The molecule has 1 saturated heterocycles. The van der Waals surface area contributed by atoms with Crippen LogP contribution >= 0.6 is 0 Å². The maximum absolute atomic E-state index is 12.3. The van der Waals surface area contributed by atoms with Crippen molar-refractivity contribution in [3.63, 3.8) is 0 Å². The van der Waals surface area contributed by atoms with E-state index < -0.39 is 5.97 Å². The Hall–Kier alpha value is -1.10. The molecule has 1 aliphatic carbocycles. The largest absolute Gasteiger partial charge is 0.481 e. The lowest BCUT2D eigenvalue weighted by Gasteiger charge is -2.21. The summed E-state index contributed by atoms with van der Waals surface area (Å²) in [5, 5.41) is 15.3. The zero-order valence-corrected chi connectivity index (χ0v) is 13.1. The molecular formula is C16H28N2O3. The van der Waals surface area contributed by atoms with Crippen molar-refractivity contribution in [3.05, 3.63) is 0 Å². The lowest BCUT2D eigenvalue weighted by atomic mass is 9.92. The second-order valence-corrected chi connectivity index (χ2v) is 7.08. The minimum Gasteiger partial charge on any atom is -0.481 e. The number of amides is 1. The highest BCUT2D eigenvalue weighted by atomic mass is 16.4. The zero-order chi connectivity index (χ0) is 15.4. The molecule has 1 saturated carbocycles. The topological polar surface area (TPSA) is 78.4 Å². The van der Waals surface area contributed by atoms with E-state index in [1.54, 1.807) is 0 Å². The molecule has 3 N–H and O–H groups in total. The molecule has 0 spiro atoms. The van der Waals surface area contributed by atoms with Crippen molar-refractivity contribution in [1.82, 2.24) is 10.6 Å². The van der Waals surface area contributed by atoms with Crippen LogP contribution in [0.25, 0.3) is 0 Å². The Kier molecular flexibility index (Phi) is 5.62. The van der Waals surface area contributed by atoms with E-state index in [-0.39, 0.29) is 24.3 Å². The van der Waals surface area contributed by atoms with E-state index in [1.165, 1.54) is 12.8 Å². The maximum atomic E-state index is 12.3. The molecule has 4 unspecified atom stereocenters. The van der Waals surface area contributed by atoms with Gasteiger partial charge in [-0.1, -0.05) is 20.3 Å². The third kappa shape index (κ3) is 4.43. The van der Waals surface area contributed by atoms with Crippen LogP contribution in [0.5, 0.6) is 0 Å². The van der Waals surface area contributed by atoms with E-state index in [4.69, 9.17) is 5.11 Å². The summed E-state index contributed by atoms with van der Waals surface area (Å²) in [6, 6.07) is -0.0676. The standard InChI is InChI=1S/C16H28N2O3/c1-10(2)6-11(7-14(19)20)8-18-16(21)15-13-5-3-4-12(13)9-17-15/h10-13,15,17H,3-9H2,1-2H3,(H,18,21)(H,19,20). The molecule has 0 aromatic heterocycles. The van der Waals surface area contributed by atoms with E-state index in [0.717, 1.165) is 19.4 Å². The normalized spacial score (nSPS) is 29.4. The molecule has 1 amide bonds. The van der Waals surface area contributed by atoms with Crippen molar-refractivity contribution < 1.29 is 14.7 Å². The van der Waals surface area contributed by atoms with Gasteiger partial charge in [0.1, 0.15) is 0 Å². The van der Waals surface area contributed by atoms with Gasteiger partial charge in [-0.2, -0.15) is 0 Å². The average Bonchev–Trinajstić information content (AvgIpc) is 2.96. The van der Waals surface area contributed by atoms with Crippen molar-refractivity contribution in [3.8, 4) is 0 Å². The van der Waals surface area contributed by atoms with Crippen LogP contribution in [0.15, 0.2) is 0 Å². The molecule has 5 nitrogen and oxygen atoms in total. The number of nitrogens with one attached hydrogen (secondary N) is 2. The van der Waals surface area contributed by atoms with Crippen LogP contribution in [0.4, 0.5) is 0 Å². The van der Waals surface area contributed by atoms with E-state index in [1.807, 2.05) is 0 Å². The fraction of sp³-hybridized carbons (Fsp3) is 0.875. The first kappa shape index (κ1) is 16.3. The molecule has 0 radical (unpaired) electrons. The summed E-state index contributed by atoms with van der Waals surface area (Å²) < 4.78 is 0. The van der Waals surface area contributed by atoms with Gasteiger partial charge in [-0.25, -0.2) is 0 Å². The van der Waals surface area contributed by atoms with Gasteiger partial charge in [-0.05, 0) is 49.5 Å². The second kappa shape index (κ2) is 7.25. The Morgan fingerprint density at radius 3 is 2.76 bits per heavy atom. The summed E-state index contributed by atoms with van der Waals surface area (Å²) in [6.07, 6.45) is 4.56. The molecule has 1 heterocycles. The molecule has 21 heavy (non-hydrogen) atoms. The number of carboxylic acids is 1. The minimum atomic E-state index is -0.787. The Balaban J connectivity index is 1.82. The first-order valence-corrected chi connectivity index (χ1v) is 8.20. The highest BCUT2D eigenvalue weighted by molar-refractivity contribution is 5.82. The van der Waals surface area contributed by atoms with E-state index in [2.05, 4.69) is 24.5 Å². The van der Waals surface area contributed by atoms with Gasteiger partial charge in [0.2, 0.25) is 5.91 Å². The minimum absolute atomic E-state index is 0.0206. The molecule has 120 valence electrons. The van der Waals surface area contributed by atoms with Crippen molar-refractivity contribution in [2.45, 2.75) is 52.0 Å². The van der Waals surface area contributed by atoms with Crippen molar-refractivity contribution in [1.29, 1.82) is 0 Å². The summed E-state index contributed by atoms with van der Waals surface area (Å²) in [4.78, 5) is 23.3. The van der Waals surface area contributed by atoms with Crippen LogP contribution < -0.4 is 10.6 Å². The second-order valence-electron chi connectivity index (χ2n) is 7.08. The van der Waals surface area contributed by atoms with Crippen molar-refractivity contribution in [2.75, 3.05) is 13.1 Å². The average molecular weight is 296 g/mol. The van der Waals surface area contributed by atoms with Crippen molar-refractivity contribution >= 4 is 11.9 Å². The number of aliphatic carboxylic acids is 1. The van der Waals surface area contributed by atoms with Gasteiger partial charge in [0.05, 0.1) is 6.04 Å². The Bertz CT molecular complexity index is 384. The Morgan fingerprint density at radius 1 is 1.33 bits per heavy atom. The van der Waals surface area contributed by atoms with Crippen LogP contribution in [0.1, 0.15) is 46.0 Å². The Labute approximate surface area is 126 Å². The highest BCUT2D eigenvalue weighted by Crippen LogP contribution is 2.37. The highest BCUT2D eigenvalue weighted by Gasteiger charge is 2.42. The molecule has 4 atom stereocenters. The van der Waals surface area contributed by atoms with E-state index >= 15 is 0 Å². The fourth-order valence-electron chi connectivity index (χ4n) is 3.98. The number of hydrogen-bond donors (Lipinski definition) is 3. The van der Waals surface area contributed by atoms with Crippen molar-refractivity contribution in [2.24, 2.45) is 23.7 Å². The lowest BCUT2D eigenvalue weighted by Crippen LogP contribution is -2.45. The summed E-state index contributed by atoms with van der Waals surface area (Å²) in [5.41, 5.74) is 0. The van der Waals surface area contributed by atoms with Crippen LogP contribution in [0.2, 0.25) is 0 Å². The SMILES string of the molecule is CC(C)CC(CNC(=O)C1NCC2CCCC21)CC(=O)O. The molecule has 0 bridgehead atoms. The maximum Gasteiger partial charge on any atom is 0.303 e. The summed E-state index contributed by atoms with van der Waals surface area (Å²) in [5.74, 6) is 0.870. The van der Waals surface area contributed by atoms with Gasteiger partial charge >= 0.3 is 5.97 Å². The number of hydrogen-bond acceptors (Lipinski definition) is 3.